The van der Waals surface area contributed by atoms with Crippen molar-refractivity contribution in [2.24, 2.45) is 0 Å². The zero-order valence-electron chi connectivity index (χ0n) is 18.7. The summed E-state index contributed by atoms with van der Waals surface area (Å²) in [5.41, 5.74) is 6.53. The van der Waals surface area contributed by atoms with Gasteiger partial charge in [0.1, 0.15) is 11.6 Å². The van der Waals surface area contributed by atoms with Gasteiger partial charge < -0.3 is 9.47 Å². The first-order valence-electron chi connectivity index (χ1n) is 10.9. The van der Waals surface area contributed by atoms with Gasteiger partial charge in [-0.1, -0.05) is 78.4 Å². The van der Waals surface area contributed by atoms with Gasteiger partial charge in [-0.15, -0.1) is 0 Å². The average molecular weight is 441 g/mol. The zero-order valence-corrected chi connectivity index (χ0v) is 18.7. The minimum absolute atomic E-state index is 0.154. The zero-order chi connectivity index (χ0) is 23.2. The molecule has 0 heterocycles. The lowest BCUT2D eigenvalue weighted by Crippen LogP contribution is -2.14. The van der Waals surface area contributed by atoms with E-state index in [0.717, 1.165) is 27.8 Å². The molecule has 33 heavy (non-hydrogen) atoms. The molecule has 0 aromatic heterocycles. The molecule has 0 amide bonds. The van der Waals surface area contributed by atoms with Crippen LogP contribution in [0.1, 0.15) is 12.5 Å². The van der Waals surface area contributed by atoms with Crippen molar-refractivity contribution in [1.82, 2.24) is 0 Å². The van der Waals surface area contributed by atoms with E-state index in [4.69, 9.17) is 9.47 Å². The van der Waals surface area contributed by atoms with E-state index in [1.165, 1.54) is 5.56 Å². The third-order valence-electron chi connectivity index (χ3n) is 5.40. The first kappa shape index (κ1) is 22.3. The van der Waals surface area contributed by atoms with Gasteiger partial charge in [0.05, 0.1) is 6.61 Å². The summed E-state index contributed by atoms with van der Waals surface area (Å²) < 4.78 is 25.2. The van der Waals surface area contributed by atoms with Crippen LogP contribution in [0.5, 0.6) is 5.75 Å². The molecule has 3 nitrogen and oxygen atoms in total. The van der Waals surface area contributed by atoms with E-state index >= 15 is 0 Å². The van der Waals surface area contributed by atoms with E-state index in [1.807, 2.05) is 18.2 Å². The summed E-state index contributed by atoms with van der Waals surface area (Å²) in [5, 5.41) is 0. The number of carbonyl (C=O) groups is 1. The number of ether oxygens (including phenoxy) is 2. The van der Waals surface area contributed by atoms with Crippen LogP contribution in [0.15, 0.2) is 91.0 Å². The van der Waals surface area contributed by atoms with Gasteiger partial charge in [0, 0.05) is 5.56 Å². The maximum Gasteiger partial charge on any atom is 0.344 e. The van der Waals surface area contributed by atoms with Crippen LogP contribution < -0.4 is 4.74 Å². The Morgan fingerprint density at radius 1 is 0.727 bits per heavy atom. The molecule has 4 aromatic carbocycles. The van der Waals surface area contributed by atoms with Gasteiger partial charge in [0.15, 0.2) is 6.61 Å². The molecular weight excluding hydrogens is 415 g/mol. The van der Waals surface area contributed by atoms with E-state index < -0.39 is 5.97 Å². The summed E-state index contributed by atoms with van der Waals surface area (Å²) in [6.45, 7) is 3.97. The number of hydrogen-bond donors (Lipinski definition) is 0. The van der Waals surface area contributed by atoms with Crippen molar-refractivity contribution in [2.45, 2.75) is 13.8 Å². The Hall–Kier alpha value is -3.92. The minimum Gasteiger partial charge on any atom is -0.482 e. The third-order valence-corrected chi connectivity index (χ3v) is 5.40. The molecule has 4 rings (SSSR count). The van der Waals surface area contributed by atoms with Gasteiger partial charge in [0.25, 0.3) is 0 Å². The van der Waals surface area contributed by atoms with E-state index in [9.17, 15) is 9.18 Å². The fourth-order valence-corrected chi connectivity index (χ4v) is 3.61. The van der Waals surface area contributed by atoms with Crippen molar-refractivity contribution in [3.05, 3.63) is 102 Å². The summed E-state index contributed by atoms with van der Waals surface area (Å²) in [5.74, 6) is -0.192. The predicted molar refractivity (Wildman–Crippen MR) is 130 cm³/mol. The molecule has 4 aromatic rings. The minimum atomic E-state index is -0.421. The van der Waals surface area contributed by atoms with Gasteiger partial charge in [0.2, 0.25) is 0 Å². The van der Waals surface area contributed by atoms with Crippen LogP contribution in [0.4, 0.5) is 4.39 Å². The second-order valence-electron chi connectivity index (χ2n) is 7.76. The topological polar surface area (TPSA) is 35.5 Å². The summed E-state index contributed by atoms with van der Waals surface area (Å²) in [4.78, 5) is 11.4. The lowest BCUT2D eigenvalue weighted by molar-refractivity contribution is -0.145. The number of benzene rings is 4. The van der Waals surface area contributed by atoms with Gasteiger partial charge in [-0.25, -0.2) is 9.18 Å². The molecule has 0 aliphatic carbocycles. The molecule has 0 spiro atoms. The van der Waals surface area contributed by atoms with Crippen LogP contribution in [0.25, 0.3) is 33.4 Å². The molecule has 0 bridgehead atoms. The number of rotatable bonds is 7. The monoisotopic (exact) mass is 440 g/mol. The summed E-state index contributed by atoms with van der Waals surface area (Å²) in [6.07, 6.45) is 0. The van der Waals surface area contributed by atoms with Gasteiger partial charge in [-0.3, -0.25) is 0 Å². The van der Waals surface area contributed by atoms with Crippen molar-refractivity contribution in [2.75, 3.05) is 13.2 Å². The van der Waals surface area contributed by atoms with Crippen LogP contribution in [0, 0.1) is 12.7 Å². The quantitative estimate of drug-likeness (QED) is 0.288. The fourth-order valence-electron chi connectivity index (χ4n) is 3.61. The Morgan fingerprint density at radius 2 is 1.24 bits per heavy atom. The van der Waals surface area contributed by atoms with Crippen LogP contribution in [-0.2, 0) is 9.53 Å². The van der Waals surface area contributed by atoms with Gasteiger partial charge >= 0.3 is 5.97 Å². The maximum atomic E-state index is 15.0. The highest BCUT2D eigenvalue weighted by molar-refractivity contribution is 5.74. The Kier molecular flexibility index (Phi) is 6.84. The predicted octanol–water partition coefficient (Wildman–Crippen LogP) is 7.08. The molecule has 0 atom stereocenters. The lowest BCUT2D eigenvalue weighted by Gasteiger charge is -2.10. The van der Waals surface area contributed by atoms with E-state index in [1.54, 1.807) is 43.3 Å². The second-order valence-corrected chi connectivity index (χ2v) is 7.76. The molecule has 0 N–H and O–H groups in total. The molecule has 4 heteroatoms. The first-order valence-corrected chi connectivity index (χ1v) is 10.9. The van der Waals surface area contributed by atoms with E-state index in [2.05, 4.69) is 43.3 Å². The van der Waals surface area contributed by atoms with Crippen molar-refractivity contribution in [3.63, 3.8) is 0 Å². The molecule has 166 valence electrons. The molecule has 0 fully saturated rings. The molecule has 0 radical (unpaired) electrons. The number of hydrogen-bond acceptors (Lipinski definition) is 3. The smallest absolute Gasteiger partial charge is 0.344 e. The van der Waals surface area contributed by atoms with Crippen LogP contribution >= 0.6 is 0 Å². The normalized spacial score (nSPS) is 10.6. The molecule has 0 saturated carbocycles. The molecule has 0 aliphatic heterocycles. The summed E-state index contributed by atoms with van der Waals surface area (Å²) >= 11 is 0. The maximum absolute atomic E-state index is 15.0. The number of carbonyl (C=O) groups excluding carboxylic acids is 1. The molecular formula is C29H25FO3. The lowest BCUT2D eigenvalue weighted by atomic mass is 9.97. The van der Waals surface area contributed by atoms with Gasteiger partial charge in [-0.05, 0) is 59.9 Å². The van der Waals surface area contributed by atoms with Crippen LogP contribution in [0.2, 0.25) is 0 Å². The second kappa shape index (κ2) is 10.1. The Labute approximate surface area is 193 Å². The van der Waals surface area contributed by atoms with Gasteiger partial charge in [-0.2, -0.15) is 0 Å². The van der Waals surface area contributed by atoms with Crippen molar-refractivity contribution in [3.8, 4) is 39.1 Å². The molecule has 0 saturated heterocycles. The van der Waals surface area contributed by atoms with E-state index in [0.29, 0.717) is 17.9 Å². The highest BCUT2D eigenvalue weighted by Gasteiger charge is 2.09. The first-order chi connectivity index (χ1) is 16.0. The van der Waals surface area contributed by atoms with Crippen molar-refractivity contribution in [1.29, 1.82) is 0 Å². The highest BCUT2D eigenvalue weighted by Crippen LogP contribution is 2.30. The van der Waals surface area contributed by atoms with Crippen molar-refractivity contribution >= 4 is 5.97 Å². The van der Waals surface area contributed by atoms with Crippen LogP contribution in [0.3, 0.4) is 0 Å². The number of esters is 1. The fraction of sp³-hybridized carbons (Fsp3) is 0.138. The summed E-state index contributed by atoms with van der Waals surface area (Å²) in [7, 11) is 0. The highest BCUT2D eigenvalue weighted by atomic mass is 19.1. The Balaban J connectivity index is 1.48. The average Bonchev–Trinajstić information content (AvgIpc) is 2.84. The standard InChI is InChI=1S/C29H25FO3/c1-3-32-29(31)19-33-26-15-12-24(13-16-26)27-17-14-25(18-28(27)30)23-10-8-22(9-11-23)21-6-4-20(2)5-7-21/h4-18H,3,19H2,1-2H3. The van der Waals surface area contributed by atoms with Crippen molar-refractivity contribution < 1.29 is 18.7 Å². The SMILES string of the molecule is CCOC(=O)COc1ccc(-c2ccc(-c3ccc(-c4ccc(C)cc4)cc3)cc2F)cc1. The number of halogens is 1. The Morgan fingerprint density at radius 3 is 1.82 bits per heavy atom. The number of aryl methyl sites for hydroxylation is 1. The summed E-state index contributed by atoms with van der Waals surface area (Å²) in [6, 6.07) is 28.8. The Bertz CT molecular complexity index is 1230. The molecule has 0 unspecified atom stereocenters. The van der Waals surface area contributed by atoms with E-state index in [-0.39, 0.29) is 12.4 Å². The molecule has 0 aliphatic rings. The largest absolute Gasteiger partial charge is 0.482 e. The van der Waals surface area contributed by atoms with Crippen LogP contribution in [-0.4, -0.2) is 19.2 Å². The third kappa shape index (κ3) is 5.47.